The van der Waals surface area contributed by atoms with Gasteiger partial charge in [-0.1, -0.05) is 0 Å². The first kappa shape index (κ1) is 16.9. The van der Waals surface area contributed by atoms with Gasteiger partial charge in [0, 0.05) is 0 Å². The van der Waals surface area contributed by atoms with Crippen molar-refractivity contribution in [2.45, 2.75) is 52.7 Å². The van der Waals surface area contributed by atoms with Crippen LogP contribution in [0.3, 0.4) is 0 Å². The molecule has 0 aliphatic heterocycles. The Labute approximate surface area is 106 Å². The number of ether oxygens (including phenoxy) is 2. The van der Waals surface area contributed by atoms with Crippen LogP contribution >= 0.6 is 0 Å². The van der Waals surface area contributed by atoms with Crippen LogP contribution in [0.25, 0.3) is 0 Å². The molecule has 104 valence electrons. The highest BCUT2D eigenvalue weighted by atomic mass is 32.2. The van der Waals surface area contributed by atoms with Crippen LogP contribution in [0.4, 0.5) is 0 Å². The lowest BCUT2D eigenvalue weighted by Crippen LogP contribution is -2.27. The van der Waals surface area contributed by atoms with Gasteiger partial charge in [-0.25, -0.2) is 8.42 Å². The Morgan fingerprint density at radius 1 is 0.765 bits per heavy atom. The van der Waals surface area contributed by atoms with E-state index in [2.05, 4.69) is 0 Å². The van der Waals surface area contributed by atoms with Crippen LogP contribution in [0, 0.1) is 0 Å². The van der Waals surface area contributed by atoms with Gasteiger partial charge in [0.25, 0.3) is 0 Å². The first-order valence-corrected chi connectivity index (χ1v) is 7.72. The normalized spacial score (nSPS) is 14.0. The molecule has 0 radical (unpaired) electrons. The highest BCUT2D eigenvalue weighted by Crippen LogP contribution is 2.08. The Bertz CT molecular complexity index is 280. The van der Waals surface area contributed by atoms with E-state index in [9.17, 15) is 8.42 Å². The third kappa shape index (κ3) is 12.1. The molecule has 0 rings (SSSR count). The first-order valence-electron chi connectivity index (χ1n) is 5.90. The molecule has 0 saturated carbocycles. The monoisotopic (exact) mass is 266 g/mol. The van der Waals surface area contributed by atoms with E-state index >= 15 is 0 Å². The largest absolute Gasteiger partial charge is 0.375 e. The first-order chi connectivity index (χ1) is 7.41. The Hall–Kier alpha value is -0.130. The fourth-order valence-corrected chi connectivity index (χ4v) is 1.93. The summed E-state index contributed by atoms with van der Waals surface area (Å²) in [5.74, 6) is 0.107. The summed E-state index contributed by atoms with van der Waals surface area (Å²) < 4.78 is 34.1. The summed E-state index contributed by atoms with van der Waals surface area (Å²) in [5.41, 5.74) is -0.588. The van der Waals surface area contributed by atoms with Gasteiger partial charge in [0.2, 0.25) is 0 Å². The molecule has 0 N–H and O–H groups in total. The Kier molecular flexibility index (Phi) is 6.11. The van der Waals surface area contributed by atoms with Crippen molar-refractivity contribution in [1.29, 1.82) is 0 Å². The lowest BCUT2D eigenvalue weighted by Gasteiger charge is -2.20. The molecule has 0 aliphatic carbocycles. The second-order valence-electron chi connectivity index (χ2n) is 6.07. The van der Waals surface area contributed by atoms with E-state index in [1.165, 1.54) is 0 Å². The van der Waals surface area contributed by atoms with Gasteiger partial charge < -0.3 is 9.47 Å². The van der Waals surface area contributed by atoms with E-state index < -0.39 is 9.84 Å². The zero-order valence-corrected chi connectivity index (χ0v) is 12.7. The molecule has 0 amide bonds. The van der Waals surface area contributed by atoms with Gasteiger partial charge in [-0.2, -0.15) is 0 Å². The predicted molar refractivity (Wildman–Crippen MR) is 70.1 cm³/mol. The fraction of sp³-hybridized carbons (Fsp3) is 1.00. The maximum atomic E-state index is 11.6. The Morgan fingerprint density at radius 3 is 1.29 bits per heavy atom. The second kappa shape index (κ2) is 6.16. The highest BCUT2D eigenvalue weighted by molar-refractivity contribution is 7.91. The summed E-state index contributed by atoms with van der Waals surface area (Å²) in [5, 5.41) is 0. The van der Waals surface area contributed by atoms with E-state index in [0.29, 0.717) is 0 Å². The van der Waals surface area contributed by atoms with Crippen LogP contribution < -0.4 is 0 Å². The minimum Gasteiger partial charge on any atom is -0.375 e. The topological polar surface area (TPSA) is 52.6 Å². The average Bonchev–Trinajstić information content (AvgIpc) is 1.96. The molecule has 0 atom stereocenters. The molecule has 0 saturated heterocycles. The van der Waals surface area contributed by atoms with Crippen LogP contribution in [0.2, 0.25) is 0 Å². The van der Waals surface area contributed by atoms with Gasteiger partial charge >= 0.3 is 0 Å². The zero-order valence-electron chi connectivity index (χ0n) is 11.9. The van der Waals surface area contributed by atoms with Gasteiger partial charge in [-0.05, 0) is 41.5 Å². The molecule has 0 fully saturated rings. The molecular weight excluding hydrogens is 240 g/mol. The summed E-state index contributed by atoms with van der Waals surface area (Å²) in [6.07, 6.45) is 0. The zero-order chi connectivity index (χ0) is 13.7. The van der Waals surface area contributed by atoms with Gasteiger partial charge in [-0.3, -0.25) is 0 Å². The van der Waals surface area contributed by atoms with Crippen LogP contribution in [0.1, 0.15) is 41.5 Å². The van der Waals surface area contributed by atoms with Crippen molar-refractivity contribution in [2.24, 2.45) is 0 Å². The molecule has 0 unspecified atom stereocenters. The summed E-state index contributed by atoms with van der Waals surface area (Å²) in [6.45, 7) is 11.9. The molecule has 0 aromatic carbocycles. The van der Waals surface area contributed by atoms with Gasteiger partial charge in [0.1, 0.15) is 0 Å². The van der Waals surface area contributed by atoms with Gasteiger partial charge in [-0.15, -0.1) is 0 Å². The van der Waals surface area contributed by atoms with Crippen molar-refractivity contribution < 1.29 is 17.9 Å². The van der Waals surface area contributed by atoms with Gasteiger partial charge in [0.15, 0.2) is 9.84 Å². The number of hydrogen-bond donors (Lipinski definition) is 0. The van der Waals surface area contributed by atoms with Crippen molar-refractivity contribution in [1.82, 2.24) is 0 Å². The van der Waals surface area contributed by atoms with Gasteiger partial charge in [0.05, 0.1) is 35.9 Å². The molecular formula is C12H26O4S. The fourth-order valence-electron chi connectivity index (χ4n) is 1.05. The molecule has 17 heavy (non-hydrogen) atoms. The predicted octanol–water partition coefficient (Wildman–Crippen LogP) is 2.03. The van der Waals surface area contributed by atoms with Crippen molar-refractivity contribution >= 4 is 9.84 Å². The van der Waals surface area contributed by atoms with Crippen LogP contribution in [-0.4, -0.2) is 44.3 Å². The van der Waals surface area contributed by atoms with E-state index in [1.807, 2.05) is 41.5 Å². The van der Waals surface area contributed by atoms with E-state index in [1.54, 1.807) is 0 Å². The summed E-state index contributed by atoms with van der Waals surface area (Å²) in [6, 6.07) is 0. The lowest BCUT2D eigenvalue weighted by atomic mass is 10.2. The van der Waals surface area contributed by atoms with Crippen LogP contribution in [0.15, 0.2) is 0 Å². The van der Waals surface area contributed by atoms with Crippen molar-refractivity contribution in [3.8, 4) is 0 Å². The van der Waals surface area contributed by atoms with E-state index in [-0.39, 0.29) is 35.9 Å². The molecule has 4 nitrogen and oxygen atoms in total. The smallest absolute Gasteiger partial charge is 0.154 e. The van der Waals surface area contributed by atoms with Crippen molar-refractivity contribution in [3.05, 3.63) is 0 Å². The van der Waals surface area contributed by atoms with E-state index in [4.69, 9.17) is 9.47 Å². The third-order valence-electron chi connectivity index (χ3n) is 1.86. The lowest BCUT2D eigenvalue weighted by molar-refractivity contribution is 0.00449. The van der Waals surface area contributed by atoms with Crippen LogP contribution in [-0.2, 0) is 19.3 Å². The molecule has 5 heteroatoms. The highest BCUT2D eigenvalue weighted by Gasteiger charge is 2.17. The summed E-state index contributed by atoms with van der Waals surface area (Å²) in [7, 11) is -3.08. The molecule has 0 bridgehead atoms. The third-order valence-corrected chi connectivity index (χ3v) is 3.44. The quantitative estimate of drug-likeness (QED) is 0.738. The molecule has 0 aliphatic rings. The Morgan fingerprint density at radius 2 is 1.06 bits per heavy atom. The van der Waals surface area contributed by atoms with Crippen molar-refractivity contribution in [2.75, 3.05) is 24.7 Å². The second-order valence-corrected chi connectivity index (χ2v) is 8.38. The SMILES string of the molecule is CC(C)(C)OCCS(=O)(=O)CCOC(C)(C)C. The number of hydrogen-bond acceptors (Lipinski definition) is 4. The maximum absolute atomic E-state index is 11.6. The number of rotatable bonds is 6. The molecule has 0 aromatic rings. The molecule has 0 aromatic heterocycles. The Balaban J connectivity index is 3.90. The minimum absolute atomic E-state index is 0.0533. The standard InChI is InChI=1S/C12H26O4S/c1-11(2,3)15-7-9-17(13,14)10-8-16-12(4,5)6/h7-10H2,1-6H3. The molecule has 0 spiro atoms. The molecule has 0 heterocycles. The van der Waals surface area contributed by atoms with E-state index in [0.717, 1.165) is 0 Å². The summed E-state index contributed by atoms with van der Waals surface area (Å²) >= 11 is 0. The average molecular weight is 266 g/mol. The number of sulfone groups is 1. The van der Waals surface area contributed by atoms with Crippen LogP contribution in [0.5, 0.6) is 0 Å². The van der Waals surface area contributed by atoms with Crippen molar-refractivity contribution in [3.63, 3.8) is 0 Å². The summed E-state index contributed by atoms with van der Waals surface area (Å²) in [4.78, 5) is 0. The maximum Gasteiger partial charge on any atom is 0.154 e. The minimum atomic E-state index is -3.08.